The first-order valence-electron chi connectivity index (χ1n) is 5.51. The number of benzene rings is 1. The van der Waals surface area contributed by atoms with Crippen LogP contribution in [0.4, 0.5) is 5.69 Å². The van der Waals surface area contributed by atoms with Crippen LogP contribution in [0.25, 0.3) is 0 Å². The number of sulfonamides is 1. The van der Waals surface area contributed by atoms with Crippen LogP contribution in [0.3, 0.4) is 0 Å². The standard InChI is InChI=1S/C11H18N2O5S/c1-17-7-8(14)6-13-19(15,16)11-4-3-9(18-2)5-10(11)12/h3-5,8,13-14H,6-7,12H2,1-2H3. The lowest BCUT2D eigenvalue weighted by Crippen LogP contribution is -2.34. The van der Waals surface area contributed by atoms with Crippen molar-refractivity contribution in [3.63, 3.8) is 0 Å². The number of anilines is 1. The number of hydrogen-bond acceptors (Lipinski definition) is 6. The van der Waals surface area contributed by atoms with E-state index in [2.05, 4.69) is 4.72 Å². The molecule has 0 bridgehead atoms. The SMILES string of the molecule is COCC(O)CNS(=O)(=O)c1ccc(OC)cc1N. The van der Waals surface area contributed by atoms with Crippen LogP contribution < -0.4 is 15.2 Å². The molecule has 0 aromatic heterocycles. The molecule has 7 nitrogen and oxygen atoms in total. The fourth-order valence-corrected chi connectivity index (χ4v) is 2.62. The van der Waals surface area contributed by atoms with Gasteiger partial charge in [0, 0.05) is 19.7 Å². The van der Waals surface area contributed by atoms with Crippen molar-refractivity contribution in [1.82, 2.24) is 4.72 Å². The van der Waals surface area contributed by atoms with Crippen molar-refractivity contribution < 1.29 is 23.0 Å². The van der Waals surface area contributed by atoms with E-state index in [-0.39, 0.29) is 23.7 Å². The molecular weight excluding hydrogens is 272 g/mol. The number of methoxy groups -OCH3 is 2. The Balaban J connectivity index is 2.83. The summed E-state index contributed by atoms with van der Waals surface area (Å²) in [6.45, 7) is -0.109. The van der Waals surface area contributed by atoms with E-state index in [9.17, 15) is 13.5 Å². The van der Waals surface area contributed by atoms with Crippen molar-refractivity contribution in [2.75, 3.05) is 33.1 Å². The Kier molecular flexibility index (Phi) is 5.55. The molecule has 4 N–H and O–H groups in total. The fourth-order valence-electron chi connectivity index (χ4n) is 1.43. The lowest BCUT2D eigenvalue weighted by atomic mass is 10.3. The molecule has 0 aliphatic heterocycles. The highest BCUT2D eigenvalue weighted by Crippen LogP contribution is 2.23. The average Bonchev–Trinajstić information content (AvgIpc) is 2.36. The van der Waals surface area contributed by atoms with E-state index >= 15 is 0 Å². The minimum absolute atomic E-state index is 0.0423. The van der Waals surface area contributed by atoms with Crippen molar-refractivity contribution in [2.24, 2.45) is 0 Å². The molecule has 0 radical (unpaired) electrons. The second kappa shape index (κ2) is 6.71. The van der Waals surface area contributed by atoms with Crippen LogP contribution in [0.5, 0.6) is 5.75 Å². The fraction of sp³-hybridized carbons (Fsp3) is 0.455. The van der Waals surface area contributed by atoms with Gasteiger partial charge in [-0.3, -0.25) is 0 Å². The molecule has 1 aromatic rings. The molecule has 8 heteroatoms. The van der Waals surface area contributed by atoms with Crippen LogP contribution in [-0.2, 0) is 14.8 Å². The second-order valence-corrected chi connectivity index (χ2v) is 5.60. The van der Waals surface area contributed by atoms with Crippen LogP contribution >= 0.6 is 0 Å². The topological polar surface area (TPSA) is 111 Å². The van der Waals surface area contributed by atoms with E-state index in [0.717, 1.165) is 0 Å². The number of ether oxygens (including phenoxy) is 2. The Bertz CT molecular complexity index is 518. The summed E-state index contributed by atoms with van der Waals surface area (Å²) in [7, 11) is -0.899. The summed E-state index contributed by atoms with van der Waals surface area (Å²) in [5, 5.41) is 9.41. The van der Waals surface area contributed by atoms with Gasteiger partial charge < -0.3 is 20.3 Å². The average molecular weight is 290 g/mol. The largest absolute Gasteiger partial charge is 0.497 e. The highest BCUT2D eigenvalue weighted by Gasteiger charge is 2.19. The predicted octanol–water partition coefficient (Wildman–Crippen LogP) is -0.437. The van der Waals surface area contributed by atoms with Crippen molar-refractivity contribution in [3.8, 4) is 5.75 Å². The third-order valence-corrected chi connectivity index (χ3v) is 3.87. The van der Waals surface area contributed by atoms with E-state index in [0.29, 0.717) is 5.75 Å². The number of aliphatic hydroxyl groups excluding tert-OH is 1. The normalized spacial score (nSPS) is 13.2. The van der Waals surface area contributed by atoms with Crippen LogP contribution in [0, 0.1) is 0 Å². The molecule has 0 spiro atoms. The zero-order chi connectivity index (χ0) is 14.5. The molecule has 0 heterocycles. The Morgan fingerprint density at radius 2 is 2.11 bits per heavy atom. The lowest BCUT2D eigenvalue weighted by Gasteiger charge is -2.13. The van der Waals surface area contributed by atoms with Gasteiger partial charge in [0.05, 0.1) is 25.5 Å². The maximum absolute atomic E-state index is 12.0. The Hall–Kier alpha value is -1.35. The van der Waals surface area contributed by atoms with Crippen LogP contribution in [-0.4, -0.2) is 47.0 Å². The van der Waals surface area contributed by atoms with Gasteiger partial charge >= 0.3 is 0 Å². The van der Waals surface area contributed by atoms with Crippen molar-refractivity contribution in [2.45, 2.75) is 11.0 Å². The number of nitrogen functional groups attached to an aromatic ring is 1. The van der Waals surface area contributed by atoms with Gasteiger partial charge in [-0.1, -0.05) is 0 Å². The second-order valence-electron chi connectivity index (χ2n) is 3.86. The molecule has 0 saturated heterocycles. The number of nitrogens with one attached hydrogen (secondary N) is 1. The van der Waals surface area contributed by atoms with Gasteiger partial charge in [-0.05, 0) is 12.1 Å². The van der Waals surface area contributed by atoms with E-state index < -0.39 is 16.1 Å². The molecule has 19 heavy (non-hydrogen) atoms. The molecule has 0 amide bonds. The highest BCUT2D eigenvalue weighted by atomic mass is 32.2. The van der Waals surface area contributed by atoms with Crippen LogP contribution in [0.1, 0.15) is 0 Å². The summed E-state index contributed by atoms with van der Waals surface area (Å²) >= 11 is 0. The molecule has 1 atom stereocenters. The van der Waals surface area contributed by atoms with Crippen LogP contribution in [0.2, 0.25) is 0 Å². The summed E-state index contributed by atoms with van der Waals surface area (Å²) in [6.07, 6.45) is -0.917. The van der Waals surface area contributed by atoms with Gasteiger partial charge in [0.25, 0.3) is 0 Å². The maximum Gasteiger partial charge on any atom is 0.242 e. The van der Waals surface area contributed by atoms with Gasteiger partial charge in [0.2, 0.25) is 10.0 Å². The number of aliphatic hydroxyl groups is 1. The van der Waals surface area contributed by atoms with Gasteiger partial charge in [-0.2, -0.15) is 0 Å². The first kappa shape index (κ1) is 15.7. The first-order chi connectivity index (χ1) is 8.90. The van der Waals surface area contributed by atoms with Crippen molar-refractivity contribution in [1.29, 1.82) is 0 Å². The van der Waals surface area contributed by atoms with Crippen molar-refractivity contribution in [3.05, 3.63) is 18.2 Å². The zero-order valence-electron chi connectivity index (χ0n) is 10.8. The molecule has 108 valence electrons. The summed E-state index contributed by atoms with van der Waals surface area (Å²) in [4.78, 5) is -0.0575. The third kappa shape index (κ3) is 4.35. The van der Waals surface area contributed by atoms with Crippen LogP contribution in [0.15, 0.2) is 23.1 Å². The molecule has 1 unspecified atom stereocenters. The molecule has 0 aliphatic rings. The monoisotopic (exact) mass is 290 g/mol. The summed E-state index contributed by atoms with van der Waals surface area (Å²) in [6, 6.07) is 4.26. The van der Waals surface area contributed by atoms with Gasteiger partial charge in [0.15, 0.2) is 0 Å². The summed E-state index contributed by atoms with van der Waals surface area (Å²) in [5.74, 6) is 0.468. The predicted molar refractivity (Wildman–Crippen MR) is 70.5 cm³/mol. The number of nitrogens with two attached hydrogens (primary N) is 1. The molecule has 1 rings (SSSR count). The Morgan fingerprint density at radius 3 is 2.63 bits per heavy atom. The molecular formula is C11H18N2O5S. The number of hydrogen-bond donors (Lipinski definition) is 3. The molecule has 1 aromatic carbocycles. The first-order valence-corrected chi connectivity index (χ1v) is 6.99. The van der Waals surface area contributed by atoms with E-state index in [4.69, 9.17) is 15.2 Å². The molecule has 0 aliphatic carbocycles. The minimum Gasteiger partial charge on any atom is -0.497 e. The smallest absolute Gasteiger partial charge is 0.242 e. The lowest BCUT2D eigenvalue weighted by molar-refractivity contribution is 0.0679. The third-order valence-electron chi connectivity index (χ3n) is 2.37. The summed E-state index contributed by atoms with van der Waals surface area (Å²) in [5.41, 5.74) is 5.74. The van der Waals surface area contributed by atoms with Gasteiger partial charge in [-0.15, -0.1) is 0 Å². The minimum atomic E-state index is -3.78. The zero-order valence-corrected chi connectivity index (χ0v) is 11.6. The molecule has 0 saturated carbocycles. The van der Waals surface area contributed by atoms with Gasteiger partial charge in [0.1, 0.15) is 10.6 Å². The maximum atomic E-state index is 12.0. The van der Waals surface area contributed by atoms with Gasteiger partial charge in [-0.25, -0.2) is 13.1 Å². The Morgan fingerprint density at radius 1 is 1.42 bits per heavy atom. The van der Waals surface area contributed by atoms with E-state index in [1.807, 2.05) is 0 Å². The quantitative estimate of drug-likeness (QED) is 0.587. The summed E-state index contributed by atoms with van der Waals surface area (Å²) < 4.78 is 35.9. The molecule has 0 fully saturated rings. The van der Waals surface area contributed by atoms with E-state index in [1.54, 1.807) is 0 Å². The highest BCUT2D eigenvalue weighted by molar-refractivity contribution is 7.89. The Labute approximate surface area is 112 Å². The van der Waals surface area contributed by atoms with E-state index in [1.165, 1.54) is 32.4 Å². The number of rotatable bonds is 7. The van der Waals surface area contributed by atoms with Crippen molar-refractivity contribution >= 4 is 15.7 Å².